The molecule has 0 aliphatic rings. The minimum atomic E-state index is -4.44. The van der Waals surface area contributed by atoms with Crippen molar-refractivity contribution in [1.29, 1.82) is 0 Å². The minimum Gasteiger partial charge on any atom is -0.462 e. The summed E-state index contributed by atoms with van der Waals surface area (Å²) < 4.78 is 32.7. The molecule has 0 aliphatic carbocycles. The fourth-order valence-corrected chi connectivity index (χ4v) is 7.14. The predicted molar refractivity (Wildman–Crippen MR) is 249 cm³/mol. The lowest BCUT2D eigenvalue weighted by Gasteiger charge is -2.20. The van der Waals surface area contributed by atoms with Gasteiger partial charge in [0, 0.05) is 19.4 Å². The maximum atomic E-state index is 12.6. The molecule has 0 fully saturated rings. The van der Waals surface area contributed by atoms with Crippen molar-refractivity contribution in [2.75, 3.05) is 26.4 Å². The van der Waals surface area contributed by atoms with Gasteiger partial charge in [0.05, 0.1) is 19.3 Å². The van der Waals surface area contributed by atoms with Gasteiger partial charge in [-0.2, -0.15) is 0 Å². The van der Waals surface area contributed by atoms with E-state index in [1.165, 1.54) is 116 Å². The molecule has 0 saturated heterocycles. The Kier molecular flexibility index (Phi) is 43.0. The zero-order chi connectivity index (χ0) is 44.0. The van der Waals surface area contributed by atoms with E-state index in [-0.39, 0.29) is 32.6 Å². The number of carbonyl (C=O) groups excluding carboxylic acids is 2. The van der Waals surface area contributed by atoms with Crippen LogP contribution < -0.4 is 5.73 Å². The van der Waals surface area contributed by atoms with Crippen LogP contribution in [0.3, 0.4) is 0 Å². The highest BCUT2D eigenvalue weighted by atomic mass is 31.2. The topological polar surface area (TPSA) is 155 Å². The Morgan fingerprint density at radius 1 is 0.583 bits per heavy atom. The van der Waals surface area contributed by atoms with Crippen molar-refractivity contribution in [3.8, 4) is 0 Å². The van der Waals surface area contributed by atoms with Crippen LogP contribution >= 0.6 is 7.82 Å². The van der Waals surface area contributed by atoms with Crippen molar-refractivity contribution >= 4 is 19.8 Å². The number of ether oxygens (including phenoxy) is 2. The van der Waals surface area contributed by atoms with Crippen molar-refractivity contribution in [3.63, 3.8) is 0 Å². The summed E-state index contributed by atoms with van der Waals surface area (Å²) in [6.45, 7) is 3.48. The molecule has 0 aliphatic heterocycles. The average molecular weight is 866 g/mol. The molecule has 3 atom stereocenters. The second-order valence-corrected chi connectivity index (χ2v) is 17.3. The Morgan fingerprint density at radius 3 is 1.67 bits per heavy atom. The van der Waals surface area contributed by atoms with Gasteiger partial charge in [0.25, 0.3) is 0 Å². The molecule has 348 valence electrons. The molecule has 0 aromatic carbocycles. The fourth-order valence-electron chi connectivity index (χ4n) is 6.38. The van der Waals surface area contributed by atoms with Crippen LogP contribution in [0.4, 0.5) is 0 Å². The van der Waals surface area contributed by atoms with Gasteiger partial charge in [0.1, 0.15) is 6.61 Å². The molecule has 11 heteroatoms. The Balaban J connectivity index is 4.24. The zero-order valence-electron chi connectivity index (χ0n) is 38.0. The van der Waals surface area contributed by atoms with Crippen molar-refractivity contribution in [3.05, 3.63) is 60.8 Å². The first-order chi connectivity index (χ1) is 29.2. The summed E-state index contributed by atoms with van der Waals surface area (Å²) in [5.74, 6) is -1.03. The summed E-state index contributed by atoms with van der Waals surface area (Å²) in [4.78, 5) is 35.0. The van der Waals surface area contributed by atoms with E-state index < -0.39 is 38.6 Å². The maximum Gasteiger partial charge on any atom is 0.472 e. The van der Waals surface area contributed by atoms with Crippen molar-refractivity contribution in [2.24, 2.45) is 5.73 Å². The van der Waals surface area contributed by atoms with Gasteiger partial charge < -0.3 is 25.2 Å². The van der Waals surface area contributed by atoms with Crippen LogP contribution in [-0.4, -0.2) is 60.5 Å². The first kappa shape index (κ1) is 57.7. The van der Waals surface area contributed by atoms with Gasteiger partial charge in [-0.1, -0.05) is 177 Å². The van der Waals surface area contributed by atoms with Crippen molar-refractivity contribution in [2.45, 2.75) is 212 Å². The van der Waals surface area contributed by atoms with Crippen LogP contribution in [0.1, 0.15) is 200 Å². The van der Waals surface area contributed by atoms with Gasteiger partial charge in [-0.3, -0.25) is 18.6 Å². The zero-order valence-corrected chi connectivity index (χ0v) is 38.9. The third kappa shape index (κ3) is 43.7. The third-order valence-corrected chi connectivity index (χ3v) is 11.0. The minimum absolute atomic E-state index is 0.000740. The Morgan fingerprint density at radius 2 is 1.07 bits per heavy atom. The SMILES string of the molecule is CCCCC/C=C\C/C=C\C/C=C\C=C\[C@H](O)CCCC(=O)O[C@H](COC(=O)CCCCCCCCCCCCC/C=C\CCCCCCCC)COP(=O)(O)OCCN. The smallest absolute Gasteiger partial charge is 0.462 e. The van der Waals surface area contributed by atoms with Crippen molar-refractivity contribution in [1.82, 2.24) is 0 Å². The number of hydrogen-bond donors (Lipinski definition) is 3. The molecule has 0 rings (SSSR count). The molecule has 0 bridgehead atoms. The number of phosphoric ester groups is 1. The normalized spacial score (nSPS) is 14.3. The Bertz CT molecular complexity index is 1190. The Hall–Kier alpha value is -2.33. The van der Waals surface area contributed by atoms with E-state index in [2.05, 4.69) is 50.3 Å². The molecule has 0 aromatic rings. The number of carbonyl (C=O) groups is 2. The van der Waals surface area contributed by atoms with E-state index in [1.807, 2.05) is 12.2 Å². The predicted octanol–water partition coefficient (Wildman–Crippen LogP) is 13.0. The van der Waals surface area contributed by atoms with Crippen LogP contribution in [0.25, 0.3) is 0 Å². The lowest BCUT2D eigenvalue weighted by molar-refractivity contribution is -0.161. The van der Waals surface area contributed by atoms with E-state index in [0.29, 0.717) is 19.3 Å². The first-order valence-corrected chi connectivity index (χ1v) is 25.4. The molecular weight excluding hydrogens is 778 g/mol. The second kappa shape index (κ2) is 44.7. The van der Waals surface area contributed by atoms with Crippen LogP contribution in [0, 0.1) is 0 Å². The van der Waals surface area contributed by atoms with E-state index in [0.717, 1.165) is 38.5 Å². The van der Waals surface area contributed by atoms with Crippen LogP contribution in [0.15, 0.2) is 60.8 Å². The van der Waals surface area contributed by atoms with E-state index in [1.54, 1.807) is 12.2 Å². The molecule has 10 nitrogen and oxygen atoms in total. The quantitative estimate of drug-likeness (QED) is 0.0177. The number of aliphatic hydroxyl groups excluding tert-OH is 1. The highest BCUT2D eigenvalue weighted by Gasteiger charge is 2.26. The largest absolute Gasteiger partial charge is 0.472 e. The number of phosphoric acid groups is 1. The highest BCUT2D eigenvalue weighted by Crippen LogP contribution is 2.43. The lowest BCUT2D eigenvalue weighted by atomic mass is 10.0. The average Bonchev–Trinajstić information content (AvgIpc) is 3.23. The molecule has 60 heavy (non-hydrogen) atoms. The van der Waals surface area contributed by atoms with E-state index in [4.69, 9.17) is 24.3 Å². The highest BCUT2D eigenvalue weighted by molar-refractivity contribution is 7.47. The van der Waals surface area contributed by atoms with Crippen LogP contribution in [-0.2, 0) is 32.7 Å². The number of allylic oxidation sites excluding steroid dienone is 9. The summed E-state index contributed by atoms with van der Waals surface area (Å²) in [7, 11) is -4.44. The molecule has 0 aromatic heterocycles. The standard InChI is InChI=1S/C49H88NO9P/c1-3-5-7-9-11-13-15-17-18-19-20-21-22-23-24-26-28-30-32-34-36-40-48(52)56-44-47(45-58-60(54,55)57-43-42-50)59-49(53)41-37-39-46(51)38-35-33-31-29-27-25-16-14-12-10-8-6-4-2/h12,14,17-18,25,27,31,33,35,38,46-47,51H,3-11,13,15-16,19-24,26,28-30,32,34,36-37,39-45,50H2,1-2H3,(H,54,55)/b14-12-,18-17-,27-25-,33-31-,38-35+/t46-,47+/m0/s1. The maximum absolute atomic E-state index is 12.6. The second-order valence-electron chi connectivity index (χ2n) is 15.8. The fraction of sp³-hybridized carbons (Fsp3) is 0.755. The number of hydrogen-bond acceptors (Lipinski definition) is 9. The summed E-state index contributed by atoms with van der Waals surface area (Å²) in [6, 6.07) is 0. The van der Waals surface area contributed by atoms with Gasteiger partial charge in [-0.05, 0) is 70.6 Å². The summed E-state index contributed by atoms with van der Waals surface area (Å²) >= 11 is 0. The molecule has 0 amide bonds. The van der Waals surface area contributed by atoms with Crippen LogP contribution in [0.5, 0.6) is 0 Å². The molecule has 0 spiro atoms. The molecular formula is C49H88NO9P. The van der Waals surface area contributed by atoms with Crippen LogP contribution in [0.2, 0.25) is 0 Å². The molecule has 4 N–H and O–H groups in total. The molecule has 0 heterocycles. The number of rotatable bonds is 44. The molecule has 1 unspecified atom stereocenters. The lowest BCUT2D eigenvalue weighted by Crippen LogP contribution is -2.29. The van der Waals surface area contributed by atoms with E-state index >= 15 is 0 Å². The number of aliphatic hydroxyl groups is 1. The monoisotopic (exact) mass is 866 g/mol. The van der Waals surface area contributed by atoms with Gasteiger partial charge in [-0.15, -0.1) is 0 Å². The number of esters is 2. The summed E-state index contributed by atoms with van der Waals surface area (Å²) in [5, 5.41) is 10.3. The van der Waals surface area contributed by atoms with Gasteiger partial charge in [0.15, 0.2) is 6.10 Å². The number of nitrogens with two attached hydrogens (primary N) is 1. The first-order valence-electron chi connectivity index (χ1n) is 23.9. The van der Waals surface area contributed by atoms with E-state index in [9.17, 15) is 24.2 Å². The van der Waals surface area contributed by atoms with Gasteiger partial charge in [0.2, 0.25) is 0 Å². The Labute approximate surface area is 366 Å². The van der Waals surface area contributed by atoms with Gasteiger partial charge in [-0.25, -0.2) is 4.57 Å². The number of unbranched alkanes of at least 4 members (excludes halogenated alkanes) is 20. The summed E-state index contributed by atoms with van der Waals surface area (Å²) in [5.41, 5.74) is 5.34. The molecule has 0 radical (unpaired) electrons. The molecule has 0 saturated carbocycles. The third-order valence-electron chi connectivity index (χ3n) is 9.98. The van der Waals surface area contributed by atoms with Gasteiger partial charge >= 0.3 is 19.8 Å². The van der Waals surface area contributed by atoms with Crippen molar-refractivity contribution < 1.29 is 42.7 Å². The summed E-state index contributed by atoms with van der Waals surface area (Å²) in [6.07, 6.45) is 50.0.